The average molecular weight is 525 g/mol. The molecular formula is C27H34ClFO7. The maximum absolute atomic E-state index is 17.3. The molecule has 9 heteroatoms. The van der Waals surface area contributed by atoms with Crippen LogP contribution in [0.25, 0.3) is 0 Å². The highest BCUT2D eigenvalue weighted by Gasteiger charge is 2.77. The van der Waals surface area contributed by atoms with Crippen LogP contribution < -0.4 is 0 Å². The van der Waals surface area contributed by atoms with Crippen LogP contribution in [0.15, 0.2) is 23.8 Å². The lowest BCUT2D eigenvalue weighted by atomic mass is 9.44. The predicted octanol–water partition coefficient (Wildman–Crippen LogP) is 3.65. The summed E-state index contributed by atoms with van der Waals surface area (Å²) in [6, 6.07) is 0. The van der Waals surface area contributed by atoms with E-state index < -0.39 is 76.2 Å². The fourth-order valence-corrected chi connectivity index (χ4v) is 8.02. The van der Waals surface area contributed by atoms with Crippen LogP contribution in [-0.4, -0.2) is 58.5 Å². The van der Waals surface area contributed by atoms with Crippen molar-refractivity contribution in [2.75, 3.05) is 12.5 Å². The van der Waals surface area contributed by atoms with Gasteiger partial charge in [-0.3, -0.25) is 19.2 Å². The first-order valence-corrected chi connectivity index (χ1v) is 13.1. The van der Waals surface area contributed by atoms with E-state index in [2.05, 4.69) is 0 Å². The summed E-state index contributed by atoms with van der Waals surface area (Å²) in [5, 5.41) is 11.5. The lowest BCUT2D eigenvalue weighted by Crippen LogP contribution is -2.70. The summed E-state index contributed by atoms with van der Waals surface area (Å²) in [4.78, 5) is 50.1. The molecule has 4 rings (SSSR count). The standard InChI is InChI=1S/C27H34ClFO7/c1-5-22(33)35-14-21(32)27(36-23(34)13-28)15(2)10-19-18-7-6-16-11-17(30)8-9-24(16,3)26(18,29)20(31)12-25(19,27)4/h8-9,11,15,18-20,31H,5-7,10,12-14H2,1-4H3/t15-,18-,19-,20-,24-,25-,26-,27-/m0/s1. The number of ether oxygens (including phenoxy) is 2. The zero-order chi connectivity index (χ0) is 26.7. The SMILES string of the molecule is CCC(=O)OCC(=O)[C@@]1(OC(=O)CCl)[C@@H](C)C[C@H]2[C@@H]3CCC4=CC(=O)C=C[C@]4(C)[C@@]3(F)[C@@H](O)C[C@@]21C. The molecule has 0 unspecified atom stereocenters. The summed E-state index contributed by atoms with van der Waals surface area (Å²) in [5.41, 5.74) is -5.47. The van der Waals surface area contributed by atoms with Gasteiger partial charge in [-0.1, -0.05) is 32.4 Å². The van der Waals surface area contributed by atoms with Crippen LogP contribution in [0.1, 0.15) is 59.8 Å². The first-order valence-electron chi connectivity index (χ1n) is 12.6. The third-order valence-corrected chi connectivity index (χ3v) is 9.85. The van der Waals surface area contributed by atoms with E-state index in [4.69, 9.17) is 21.1 Å². The number of aliphatic hydroxyl groups excluding tert-OH is 1. The molecule has 3 saturated carbocycles. The number of Topliss-reactive ketones (excluding diaryl/α,β-unsaturated/α-hetero) is 1. The van der Waals surface area contributed by atoms with Gasteiger partial charge in [-0.25, -0.2) is 4.39 Å². The molecule has 0 aliphatic heterocycles. The van der Waals surface area contributed by atoms with Crippen molar-refractivity contribution < 1.29 is 38.1 Å². The number of allylic oxidation sites excluding steroid dienone is 4. The van der Waals surface area contributed by atoms with Crippen LogP contribution in [-0.2, 0) is 28.7 Å². The molecule has 0 aromatic carbocycles. The molecule has 0 amide bonds. The maximum Gasteiger partial charge on any atom is 0.321 e. The largest absolute Gasteiger partial charge is 0.457 e. The smallest absolute Gasteiger partial charge is 0.321 e. The van der Waals surface area contributed by atoms with E-state index in [9.17, 15) is 24.3 Å². The van der Waals surface area contributed by atoms with Crippen LogP contribution >= 0.6 is 11.6 Å². The predicted molar refractivity (Wildman–Crippen MR) is 129 cm³/mol. The summed E-state index contributed by atoms with van der Waals surface area (Å²) < 4.78 is 28.3. The van der Waals surface area contributed by atoms with Gasteiger partial charge in [-0.05, 0) is 50.7 Å². The molecule has 0 radical (unpaired) electrons. The molecule has 0 saturated heterocycles. The highest BCUT2D eigenvalue weighted by Crippen LogP contribution is 2.71. The number of fused-ring (bicyclic) bond motifs is 5. The van der Waals surface area contributed by atoms with Crippen LogP contribution in [0.5, 0.6) is 0 Å². The van der Waals surface area contributed by atoms with E-state index in [1.54, 1.807) is 33.8 Å². The first kappa shape index (κ1) is 27.0. The molecule has 198 valence electrons. The molecule has 0 heterocycles. The van der Waals surface area contributed by atoms with Crippen LogP contribution in [0.4, 0.5) is 4.39 Å². The van der Waals surface area contributed by atoms with Crippen molar-refractivity contribution in [3.8, 4) is 0 Å². The number of hydrogen-bond donors (Lipinski definition) is 1. The van der Waals surface area contributed by atoms with Crippen molar-refractivity contribution in [3.05, 3.63) is 23.8 Å². The van der Waals surface area contributed by atoms with Gasteiger partial charge in [0.2, 0.25) is 5.78 Å². The molecule has 0 aromatic rings. The molecule has 1 N–H and O–H groups in total. The van der Waals surface area contributed by atoms with E-state index in [-0.39, 0.29) is 18.6 Å². The highest BCUT2D eigenvalue weighted by atomic mass is 35.5. The summed E-state index contributed by atoms with van der Waals surface area (Å²) >= 11 is 5.76. The number of carbonyl (C=O) groups excluding carboxylic acids is 4. The number of rotatable bonds is 6. The van der Waals surface area contributed by atoms with Crippen LogP contribution in [0, 0.1) is 28.6 Å². The number of ketones is 2. The van der Waals surface area contributed by atoms with Gasteiger partial charge < -0.3 is 14.6 Å². The Morgan fingerprint density at radius 1 is 1.22 bits per heavy atom. The normalized spacial score (nSPS) is 43.1. The van der Waals surface area contributed by atoms with E-state index in [0.717, 1.165) is 0 Å². The molecule has 4 aliphatic rings. The second kappa shape index (κ2) is 9.05. The Balaban J connectivity index is 1.80. The van der Waals surface area contributed by atoms with Gasteiger partial charge in [-0.2, -0.15) is 0 Å². The molecule has 4 aliphatic carbocycles. The molecule has 7 nitrogen and oxygen atoms in total. The maximum atomic E-state index is 17.3. The molecule has 0 aromatic heterocycles. The monoisotopic (exact) mass is 524 g/mol. The van der Waals surface area contributed by atoms with Crippen molar-refractivity contribution in [2.24, 2.45) is 28.6 Å². The Morgan fingerprint density at radius 3 is 2.56 bits per heavy atom. The van der Waals surface area contributed by atoms with E-state index in [1.165, 1.54) is 12.2 Å². The van der Waals surface area contributed by atoms with Gasteiger partial charge in [0, 0.05) is 29.1 Å². The molecule has 8 atom stereocenters. The molecule has 0 bridgehead atoms. The molecule has 36 heavy (non-hydrogen) atoms. The van der Waals surface area contributed by atoms with Gasteiger partial charge in [0.15, 0.2) is 23.7 Å². The van der Waals surface area contributed by atoms with Crippen molar-refractivity contribution in [1.82, 2.24) is 0 Å². The van der Waals surface area contributed by atoms with Crippen molar-refractivity contribution in [2.45, 2.75) is 77.2 Å². The van der Waals surface area contributed by atoms with Gasteiger partial charge >= 0.3 is 11.9 Å². The van der Waals surface area contributed by atoms with E-state index in [1.807, 2.05) is 0 Å². The minimum atomic E-state index is -2.08. The van der Waals surface area contributed by atoms with E-state index >= 15 is 4.39 Å². The lowest BCUT2D eigenvalue weighted by molar-refractivity contribution is -0.227. The number of carbonyl (C=O) groups is 4. The Bertz CT molecular complexity index is 1050. The number of halogens is 2. The summed E-state index contributed by atoms with van der Waals surface area (Å²) in [6.07, 6.45) is 4.04. The Hall–Kier alpha value is -2.06. The second-order valence-electron chi connectivity index (χ2n) is 11.2. The van der Waals surface area contributed by atoms with Gasteiger partial charge in [0.05, 0.1) is 6.10 Å². The third kappa shape index (κ3) is 3.46. The quantitative estimate of drug-likeness (QED) is 0.417. The average Bonchev–Trinajstić information content (AvgIpc) is 3.05. The highest BCUT2D eigenvalue weighted by molar-refractivity contribution is 6.26. The Labute approximate surface area is 215 Å². The Kier molecular flexibility index (Phi) is 6.78. The van der Waals surface area contributed by atoms with Crippen LogP contribution in [0.2, 0.25) is 0 Å². The lowest BCUT2D eigenvalue weighted by Gasteiger charge is -2.62. The van der Waals surface area contributed by atoms with Crippen LogP contribution in [0.3, 0.4) is 0 Å². The van der Waals surface area contributed by atoms with E-state index in [0.29, 0.717) is 24.8 Å². The third-order valence-electron chi connectivity index (χ3n) is 9.63. The zero-order valence-electron chi connectivity index (χ0n) is 21.1. The van der Waals surface area contributed by atoms with Gasteiger partial charge in [-0.15, -0.1) is 11.6 Å². The zero-order valence-corrected chi connectivity index (χ0v) is 21.9. The first-order chi connectivity index (χ1) is 16.8. The second-order valence-corrected chi connectivity index (χ2v) is 11.4. The topological polar surface area (TPSA) is 107 Å². The van der Waals surface area contributed by atoms with Gasteiger partial charge in [0.1, 0.15) is 5.88 Å². The molecule has 3 fully saturated rings. The summed E-state index contributed by atoms with van der Waals surface area (Å²) in [5.74, 6) is -4.26. The van der Waals surface area contributed by atoms with Gasteiger partial charge in [0.25, 0.3) is 0 Å². The van der Waals surface area contributed by atoms with Crippen molar-refractivity contribution in [3.63, 3.8) is 0 Å². The summed E-state index contributed by atoms with van der Waals surface area (Å²) in [7, 11) is 0. The number of esters is 2. The number of aliphatic hydroxyl groups is 1. The molecular weight excluding hydrogens is 491 g/mol. The van der Waals surface area contributed by atoms with Crippen molar-refractivity contribution >= 4 is 35.1 Å². The summed E-state index contributed by atoms with van der Waals surface area (Å²) in [6.45, 7) is 6.26. The minimum absolute atomic E-state index is 0.0762. The fraction of sp³-hybridized carbons (Fsp3) is 0.704. The number of alkyl halides is 2. The van der Waals surface area contributed by atoms with Crippen molar-refractivity contribution in [1.29, 1.82) is 0 Å². The minimum Gasteiger partial charge on any atom is -0.457 e. The molecule has 0 spiro atoms. The fourth-order valence-electron chi connectivity index (χ4n) is 7.96. The number of hydrogen-bond acceptors (Lipinski definition) is 7. The Morgan fingerprint density at radius 2 is 1.92 bits per heavy atom.